The molecule has 1 rings (SSSR count). The molecule has 0 fully saturated rings. The van der Waals surface area contributed by atoms with Gasteiger partial charge >= 0.3 is 5.97 Å². The Morgan fingerprint density at radius 1 is 1.45 bits per heavy atom. The number of nitrogens with zero attached hydrogens (tertiary/aromatic N) is 2. The van der Waals surface area contributed by atoms with E-state index in [0.29, 0.717) is 5.02 Å². The zero-order valence-electron chi connectivity index (χ0n) is 10.9. The van der Waals surface area contributed by atoms with E-state index in [9.17, 15) is 13.2 Å². The van der Waals surface area contributed by atoms with Crippen LogP contribution in [0.5, 0.6) is 0 Å². The minimum Gasteiger partial charge on any atom is -0.446 e. The molecule has 0 amide bonds. The van der Waals surface area contributed by atoms with E-state index in [4.69, 9.17) is 21.6 Å². The third kappa shape index (κ3) is 4.20. The summed E-state index contributed by atoms with van der Waals surface area (Å²) in [4.78, 5) is 11.5. The summed E-state index contributed by atoms with van der Waals surface area (Å²) in [5.41, 5.74) is 0. The number of benzene rings is 1. The van der Waals surface area contributed by atoms with Gasteiger partial charge in [0.15, 0.2) is 6.10 Å². The van der Waals surface area contributed by atoms with Crippen molar-refractivity contribution in [1.82, 2.24) is 4.31 Å². The lowest BCUT2D eigenvalue weighted by atomic mass is 10.4. The molecule has 0 bridgehead atoms. The number of rotatable bonds is 5. The molecule has 1 unspecified atom stereocenters. The van der Waals surface area contributed by atoms with Crippen molar-refractivity contribution in [2.75, 3.05) is 13.6 Å². The Kier molecular flexibility index (Phi) is 5.51. The zero-order chi connectivity index (χ0) is 15.3. The Morgan fingerprint density at radius 2 is 2.00 bits per heavy atom. The van der Waals surface area contributed by atoms with Gasteiger partial charge in [-0.05, 0) is 31.2 Å². The molecule has 1 aromatic carbocycles. The second kappa shape index (κ2) is 6.70. The highest BCUT2D eigenvalue weighted by molar-refractivity contribution is 7.89. The van der Waals surface area contributed by atoms with Crippen molar-refractivity contribution in [3.63, 3.8) is 0 Å². The van der Waals surface area contributed by atoms with Crippen LogP contribution in [0.1, 0.15) is 6.92 Å². The summed E-state index contributed by atoms with van der Waals surface area (Å²) in [6.45, 7) is 0.919. The number of nitriles is 1. The largest absolute Gasteiger partial charge is 0.446 e. The van der Waals surface area contributed by atoms with E-state index in [-0.39, 0.29) is 4.90 Å². The molecule has 0 N–H and O–H groups in total. The third-order valence-corrected chi connectivity index (χ3v) is 4.43. The van der Waals surface area contributed by atoms with Gasteiger partial charge in [-0.2, -0.15) is 9.57 Å². The lowest BCUT2D eigenvalue weighted by molar-refractivity contribution is -0.145. The Labute approximate surface area is 122 Å². The molecule has 0 aliphatic carbocycles. The van der Waals surface area contributed by atoms with Crippen LogP contribution in [0.4, 0.5) is 0 Å². The van der Waals surface area contributed by atoms with Gasteiger partial charge in [0.05, 0.1) is 4.90 Å². The molecule has 108 valence electrons. The number of hydrogen-bond donors (Lipinski definition) is 0. The highest BCUT2D eigenvalue weighted by atomic mass is 35.5. The van der Waals surface area contributed by atoms with Gasteiger partial charge < -0.3 is 4.74 Å². The minimum atomic E-state index is -3.80. The van der Waals surface area contributed by atoms with Crippen LogP contribution in [-0.2, 0) is 19.6 Å². The SMILES string of the molecule is CC(C#N)OC(=O)CN(C)S(=O)(=O)c1ccc(Cl)cc1. The summed E-state index contributed by atoms with van der Waals surface area (Å²) in [7, 11) is -2.55. The first-order valence-electron chi connectivity index (χ1n) is 5.58. The van der Waals surface area contributed by atoms with Gasteiger partial charge in [-0.15, -0.1) is 0 Å². The summed E-state index contributed by atoms with van der Waals surface area (Å²) < 4.78 is 29.8. The van der Waals surface area contributed by atoms with Crippen LogP contribution in [-0.4, -0.2) is 38.4 Å². The number of ether oxygens (including phenoxy) is 1. The Hall–Kier alpha value is -1.62. The zero-order valence-corrected chi connectivity index (χ0v) is 12.5. The summed E-state index contributed by atoms with van der Waals surface area (Å²) in [6, 6.07) is 7.29. The highest BCUT2D eigenvalue weighted by Crippen LogP contribution is 2.17. The number of hydrogen-bond acceptors (Lipinski definition) is 5. The van der Waals surface area contributed by atoms with E-state index in [1.165, 1.54) is 38.2 Å². The summed E-state index contributed by atoms with van der Waals surface area (Å²) in [5, 5.41) is 8.92. The van der Waals surface area contributed by atoms with Crippen molar-refractivity contribution in [2.24, 2.45) is 0 Å². The maximum Gasteiger partial charge on any atom is 0.322 e. The summed E-state index contributed by atoms with van der Waals surface area (Å²) in [6.07, 6.45) is -0.922. The number of halogens is 1. The lowest BCUT2D eigenvalue weighted by Gasteiger charge is -2.16. The Morgan fingerprint density at radius 3 is 2.50 bits per heavy atom. The number of sulfonamides is 1. The fourth-order valence-corrected chi connectivity index (χ4v) is 2.56. The Bertz CT molecular complexity index is 622. The second-order valence-electron chi connectivity index (χ2n) is 3.98. The van der Waals surface area contributed by atoms with E-state index in [1.807, 2.05) is 0 Å². The number of likely N-dealkylation sites (N-methyl/N-ethyl adjacent to an activating group) is 1. The molecule has 6 nitrogen and oxygen atoms in total. The first-order chi connectivity index (χ1) is 9.27. The van der Waals surface area contributed by atoms with E-state index < -0.39 is 28.6 Å². The fourth-order valence-electron chi connectivity index (χ4n) is 1.31. The first-order valence-corrected chi connectivity index (χ1v) is 7.40. The summed E-state index contributed by atoms with van der Waals surface area (Å²) in [5.74, 6) is -0.793. The molecule has 1 aromatic rings. The molecular weight excluding hydrogens is 304 g/mol. The van der Waals surface area contributed by atoms with E-state index in [0.717, 1.165) is 4.31 Å². The van der Waals surface area contributed by atoms with Crippen molar-refractivity contribution in [1.29, 1.82) is 5.26 Å². The van der Waals surface area contributed by atoms with Gasteiger partial charge in [0.2, 0.25) is 10.0 Å². The average molecular weight is 317 g/mol. The first kappa shape index (κ1) is 16.4. The highest BCUT2D eigenvalue weighted by Gasteiger charge is 2.24. The molecular formula is C12H13ClN2O4S. The smallest absolute Gasteiger partial charge is 0.322 e. The molecule has 1 atom stereocenters. The molecule has 0 radical (unpaired) electrons. The van der Waals surface area contributed by atoms with Gasteiger partial charge in [-0.1, -0.05) is 11.6 Å². The standard InChI is InChI=1S/C12H13ClN2O4S/c1-9(7-14)19-12(16)8-15(2)20(17,18)11-5-3-10(13)4-6-11/h3-6,9H,8H2,1-2H3. The van der Waals surface area contributed by atoms with Crippen LogP contribution in [0.15, 0.2) is 29.2 Å². The maximum absolute atomic E-state index is 12.1. The van der Waals surface area contributed by atoms with Gasteiger partial charge in [0.25, 0.3) is 0 Å². The number of esters is 1. The molecule has 8 heteroatoms. The molecule has 0 saturated carbocycles. The fraction of sp³-hybridized carbons (Fsp3) is 0.333. The topological polar surface area (TPSA) is 87.5 Å². The normalized spacial score (nSPS) is 12.8. The molecule has 0 saturated heterocycles. The lowest BCUT2D eigenvalue weighted by Crippen LogP contribution is -2.34. The van der Waals surface area contributed by atoms with Crippen LogP contribution >= 0.6 is 11.6 Å². The van der Waals surface area contributed by atoms with Crippen LogP contribution in [0.3, 0.4) is 0 Å². The monoisotopic (exact) mass is 316 g/mol. The van der Waals surface area contributed by atoms with Crippen molar-refractivity contribution >= 4 is 27.6 Å². The van der Waals surface area contributed by atoms with Gasteiger partial charge in [-0.3, -0.25) is 4.79 Å². The summed E-state index contributed by atoms with van der Waals surface area (Å²) >= 11 is 5.69. The predicted octanol–water partition coefficient (Wildman–Crippen LogP) is 1.42. The molecule has 20 heavy (non-hydrogen) atoms. The molecule has 0 aliphatic rings. The number of carbonyl (C=O) groups excluding carboxylic acids is 1. The average Bonchev–Trinajstić information content (AvgIpc) is 2.38. The van der Waals surface area contributed by atoms with Crippen LogP contribution in [0.25, 0.3) is 0 Å². The van der Waals surface area contributed by atoms with Gasteiger partial charge in [0.1, 0.15) is 12.6 Å². The minimum absolute atomic E-state index is 0.0190. The van der Waals surface area contributed by atoms with E-state index in [2.05, 4.69) is 0 Å². The van der Waals surface area contributed by atoms with E-state index in [1.54, 1.807) is 6.07 Å². The molecule has 0 heterocycles. The van der Waals surface area contributed by atoms with Crippen molar-refractivity contribution in [3.05, 3.63) is 29.3 Å². The second-order valence-corrected chi connectivity index (χ2v) is 6.46. The van der Waals surface area contributed by atoms with Crippen molar-refractivity contribution < 1.29 is 17.9 Å². The van der Waals surface area contributed by atoms with Crippen LogP contribution < -0.4 is 0 Å². The Balaban J connectivity index is 2.80. The molecule has 0 spiro atoms. The van der Waals surface area contributed by atoms with Gasteiger partial charge in [0, 0.05) is 12.1 Å². The van der Waals surface area contributed by atoms with Crippen molar-refractivity contribution in [3.8, 4) is 6.07 Å². The van der Waals surface area contributed by atoms with E-state index >= 15 is 0 Å². The van der Waals surface area contributed by atoms with Crippen LogP contribution in [0.2, 0.25) is 5.02 Å². The van der Waals surface area contributed by atoms with Gasteiger partial charge in [-0.25, -0.2) is 8.42 Å². The molecule has 0 aromatic heterocycles. The predicted molar refractivity (Wildman–Crippen MR) is 72.4 cm³/mol. The van der Waals surface area contributed by atoms with Crippen molar-refractivity contribution in [2.45, 2.75) is 17.9 Å². The third-order valence-electron chi connectivity index (χ3n) is 2.36. The molecule has 0 aliphatic heterocycles. The number of carbonyl (C=O) groups is 1. The quantitative estimate of drug-likeness (QED) is 0.767. The maximum atomic E-state index is 12.1. The van der Waals surface area contributed by atoms with Crippen LogP contribution in [0, 0.1) is 11.3 Å².